The average Bonchev–Trinajstić information content (AvgIpc) is 2.40. The molecule has 0 aliphatic rings. The molecule has 0 aromatic carbocycles. The number of carbonyl (C=O) groups is 2. The number of aromatic nitrogens is 3. The fraction of sp³-hybridized carbons (Fsp3) is 0. The zero-order valence-corrected chi connectivity index (χ0v) is 8.98. The molecule has 1 N–H and O–H groups in total. The predicted octanol–water partition coefficient (Wildman–Crippen LogP) is 0.789. The van der Waals surface area contributed by atoms with Crippen molar-refractivity contribution in [3.8, 4) is 5.75 Å². The molecule has 0 saturated heterocycles. The first kappa shape index (κ1) is 11.6. The summed E-state index contributed by atoms with van der Waals surface area (Å²) in [6.45, 7) is 0. The number of ether oxygens (including phenoxy) is 1. The predicted molar refractivity (Wildman–Crippen MR) is 58.2 cm³/mol. The number of esters is 1. The van der Waals surface area contributed by atoms with Gasteiger partial charge in [0.1, 0.15) is 5.75 Å². The normalized spacial score (nSPS) is 9.78. The van der Waals surface area contributed by atoms with E-state index >= 15 is 0 Å². The van der Waals surface area contributed by atoms with Gasteiger partial charge in [-0.1, -0.05) is 0 Å². The Labute approximate surface area is 101 Å². The van der Waals surface area contributed by atoms with Crippen LogP contribution in [0.2, 0.25) is 0 Å². The van der Waals surface area contributed by atoms with Crippen LogP contribution in [0.4, 0.5) is 0 Å². The van der Waals surface area contributed by atoms with E-state index < -0.39 is 17.8 Å². The Balaban J connectivity index is 2.19. The number of hydrogen-bond donors (Lipinski definition) is 1. The zero-order chi connectivity index (χ0) is 13.0. The first-order chi connectivity index (χ1) is 8.66. The van der Waals surface area contributed by atoms with Crippen molar-refractivity contribution in [2.24, 2.45) is 0 Å². The molecule has 0 amide bonds. The van der Waals surface area contributed by atoms with Crippen molar-refractivity contribution < 1.29 is 19.4 Å². The second-order valence-corrected chi connectivity index (χ2v) is 3.15. The van der Waals surface area contributed by atoms with Crippen molar-refractivity contribution in [3.63, 3.8) is 0 Å². The van der Waals surface area contributed by atoms with Crippen LogP contribution in [-0.2, 0) is 0 Å². The summed E-state index contributed by atoms with van der Waals surface area (Å²) in [5.41, 5.74) is -0.133. The highest BCUT2D eigenvalue weighted by Crippen LogP contribution is 2.09. The fourth-order valence-corrected chi connectivity index (χ4v) is 1.14. The molecule has 0 spiro atoms. The maximum atomic E-state index is 11.7. The lowest BCUT2D eigenvalue weighted by Crippen LogP contribution is -2.14. The van der Waals surface area contributed by atoms with Crippen molar-refractivity contribution in [2.75, 3.05) is 0 Å². The van der Waals surface area contributed by atoms with E-state index in [1.54, 1.807) is 12.1 Å². The third-order valence-corrected chi connectivity index (χ3v) is 1.90. The van der Waals surface area contributed by atoms with Crippen LogP contribution < -0.4 is 4.74 Å². The van der Waals surface area contributed by atoms with Gasteiger partial charge in [-0.15, -0.1) is 0 Å². The monoisotopic (exact) mass is 245 g/mol. The molecule has 0 unspecified atom stereocenters. The first-order valence-electron chi connectivity index (χ1n) is 4.85. The quantitative estimate of drug-likeness (QED) is 0.797. The first-order valence-corrected chi connectivity index (χ1v) is 4.85. The molecule has 0 fully saturated rings. The summed E-state index contributed by atoms with van der Waals surface area (Å²) in [5, 5.41) is 8.69. The molecule has 0 bridgehead atoms. The Kier molecular flexibility index (Phi) is 3.24. The smallest absolute Gasteiger partial charge is 0.373 e. The van der Waals surface area contributed by atoms with Gasteiger partial charge in [0.25, 0.3) is 0 Å². The van der Waals surface area contributed by atoms with Crippen LogP contribution in [0, 0.1) is 0 Å². The van der Waals surface area contributed by atoms with Crippen molar-refractivity contribution in [2.45, 2.75) is 0 Å². The molecule has 2 heterocycles. The average molecular weight is 245 g/mol. The third-order valence-electron chi connectivity index (χ3n) is 1.90. The highest BCUT2D eigenvalue weighted by molar-refractivity contribution is 5.90. The summed E-state index contributed by atoms with van der Waals surface area (Å²) < 4.78 is 4.95. The number of carboxylic acids is 1. The van der Waals surface area contributed by atoms with Gasteiger partial charge in [-0.3, -0.25) is 4.98 Å². The van der Waals surface area contributed by atoms with E-state index in [0.29, 0.717) is 0 Å². The summed E-state index contributed by atoms with van der Waals surface area (Å²) in [4.78, 5) is 33.1. The van der Waals surface area contributed by atoms with Crippen molar-refractivity contribution in [1.82, 2.24) is 15.0 Å². The molecule has 90 valence electrons. The molecular weight excluding hydrogens is 238 g/mol. The Morgan fingerprint density at radius 2 is 2.06 bits per heavy atom. The van der Waals surface area contributed by atoms with Crippen LogP contribution >= 0.6 is 0 Å². The summed E-state index contributed by atoms with van der Waals surface area (Å²) in [7, 11) is 0. The number of carbonyl (C=O) groups excluding carboxylic acids is 1. The van der Waals surface area contributed by atoms with E-state index in [-0.39, 0.29) is 11.4 Å². The lowest BCUT2D eigenvalue weighted by molar-refractivity contribution is 0.0682. The number of carboxylic acid groups (broad SMARTS) is 1. The van der Waals surface area contributed by atoms with Gasteiger partial charge in [0.2, 0.25) is 5.82 Å². The van der Waals surface area contributed by atoms with E-state index in [4.69, 9.17) is 9.84 Å². The lowest BCUT2D eigenvalue weighted by atomic mass is 10.4. The van der Waals surface area contributed by atoms with E-state index in [0.717, 1.165) is 0 Å². The highest BCUT2D eigenvalue weighted by Gasteiger charge is 2.14. The Bertz CT molecular complexity index is 586. The van der Waals surface area contributed by atoms with Crippen LogP contribution in [-0.4, -0.2) is 32.0 Å². The number of hydrogen-bond acceptors (Lipinski definition) is 6. The van der Waals surface area contributed by atoms with Crippen LogP contribution in [0.1, 0.15) is 21.1 Å². The number of pyridine rings is 1. The Morgan fingerprint density at radius 3 is 2.72 bits per heavy atom. The van der Waals surface area contributed by atoms with Gasteiger partial charge in [-0.05, 0) is 18.2 Å². The van der Waals surface area contributed by atoms with Gasteiger partial charge < -0.3 is 9.84 Å². The molecule has 7 heteroatoms. The molecule has 0 atom stereocenters. The van der Waals surface area contributed by atoms with Gasteiger partial charge in [-0.25, -0.2) is 19.6 Å². The maximum Gasteiger partial charge on any atom is 0.373 e. The molecule has 18 heavy (non-hydrogen) atoms. The molecule has 2 aromatic heterocycles. The number of rotatable bonds is 3. The standard InChI is InChI=1S/C11H7N3O4/c15-10(16)9-13-5-3-8(14-9)11(17)18-7-2-1-4-12-6-7/h1-6H,(H,15,16). The molecule has 0 saturated carbocycles. The second kappa shape index (κ2) is 5.00. The minimum absolute atomic E-state index is 0.133. The van der Waals surface area contributed by atoms with Crippen LogP contribution in [0.5, 0.6) is 5.75 Å². The number of aromatic carboxylic acids is 1. The summed E-state index contributed by atoms with van der Waals surface area (Å²) >= 11 is 0. The Morgan fingerprint density at radius 1 is 1.22 bits per heavy atom. The molecule has 0 aliphatic carbocycles. The lowest BCUT2D eigenvalue weighted by Gasteiger charge is -2.02. The SMILES string of the molecule is O=C(Oc1cccnc1)c1ccnc(C(=O)O)n1. The molecular formula is C11H7N3O4. The third kappa shape index (κ3) is 2.64. The molecule has 0 aliphatic heterocycles. The largest absolute Gasteiger partial charge is 0.475 e. The van der Waals surface area contributed by atoms with Crippen molar-refractivity contribution in [3.05, 3.63) is 48.3 Å². The van der Waals surface area contributed by atoms with Crippen molar-refractivity contribution in [1.29, 1.82) is 0 Å². The van der Waals surface area contributed by atoms with Crippen LogP contribution in [0.3, 0.4) is 0 Å². The van der Waals surface area contributed by atoms with Crippen LogP contribution in [0.25, 0.3) is 0 Å². The van der Waals surface area contributed by atoms with Gasteiger partial charge >= 0.3 is 11.9 Å². The fourth-order valence-electron chi connectivity index (χ4n) is 1.14. The van der Waals surface area contributed by atoms with E-state index in [1.807, 2.05) is 0 Å². The van der Waals surface area contributed by atoms with E-state index in [1.165, 1.54) is 24.7 Å². The Hall–Kier alpha value is -2.83. The molecule has 2 aromatic rings. The highest BCUT2D eigenvalue weighted by atomic mass is 16.5. The second-order valence-electron chi connectivity index (χ2n) is 3.15. The van der Waals surface area contributed by atoms with Gasteiger partial charge in [-0.2, -0.15) is 0 Å². The summed E-state index contributed by atoms with van der Waals surface area (Å²) in [6.07, 6.45) is 4.07. The summed E-state index contributed by atoms with van der Waals surface area (Å²) in [5.74, 6) is -2.30. The van der Waals surface area contributed by atoms with Gasteiger partial charge in [0.15, 0.2) is 5.69 Å². The minimum atomic E-state index is -1.31. The topological polar surface area (TPSA) is 102 Å². The van der Waals surface area contributed by atoms with Crippen molar-refractivity contribution >= 4 is 11.9 Å². The van der Waals surface area contributed by atoms with E-state index in [9.17, 15) is 9.59 Å². The van der Waals surface area contributed by atoms with Gasteiger partial charge in [0, 0.05) is 12.4 Å². The zero-order valence-electron chi connectivity index (χ0n) is 8.98. The summed E-state index contributed by atoms with van der Waals surface area (Å²) in [6, 6.07) is 4.42. The van der Waals surface area contributed by atoms with E-state index in [2.05, 4.69) is 15.0 Å². The maximum absolute atomic E-state index is 11.7. The number of nitrogens with zero attached hydrogens (tertiary/aromatic N) is 3. The molecule has 0 radical (unpaired) electrons. The molecule has 7 nitrogen and oxygen atoms in total. The van der Waals surface area contributed by atoms with Crippen LogP contribution in [0.15, 0.2) is 36.8 Å². The molecule has 2 rings (SSSR count). The van der Waals surface area contributed by atoms with Gasteiger partial charge in [0.05, 0.1) is 6.20 Å². The minimum Gasteiger partial charge on any atom is -0.475 e.